The number of aromatic nitrogens is 2. The van der Waals surface area contributed by atoms with Gasteiger partial charge in [-0.05, 0) is 38.5 Å². The summed E-state index contributed by atoms with van der Waals surface area (Å²) >= 11 is 0. The molecule has 2 fully saturated rings. The van der Waals surface area contributed by atoms with Crippen molar-refractivity contribution in [1.29, 1.82) is 0 Å². The van der Waals surface area contributed by atoms with Gasteiger partial charge in [0.05, 0.1) is 12.3 Å². The van der Waals surface area contributed by atoms with Crippen LogP contribution in [0.1, 0.15) is 43.5 Å². The first kappa shape index (κ1) is 14.0. The van der Waals surface area contributed by atoms with E-state index in [1.165, 1.54) is 0 Å². The molecule has 0 spiro atoms. The molecule has 2 N–H and O–H groups in total. The number of fused-ring (bicyclic) bond motifs is 1. The third-order valence-electron chi connectivity index (χ3n) is 4.62. The number of aliphatic hydroxyl groups is 1. The summed E-state index contributed by atoms with van der Waals surface area (Å²) in [6, 6.07) is 0.134. The van der Waals surface area contributed by atoms with E-state index >= 15 is 0 Å². The Balaban J connectivity index is 2.00. The maximum Gasteiger partial charge on any atom is 0.247 e. The van der Waals surface area contributed by atoms with E-state index in [9.17, 15) is 13.5 Å². The summed E-state index contributed by atoms with van der Waals surface area (Å²) in [5.74, 6) is 0.503. The van der Waals surface area contributed by atoms with Crippen molar-refractivity contribution in [2.24, 2.45) is 5.92 Å². The molecule has 1 saturated carbocycles. The number of nitrogens with one attached hydrogen (secondary N) is 1. The minimum Gasteiger partial charge on any atom is -0.390 e. The zero-order valence-corrected chi connectivity index (χ0v) is 12.5. The second kappa shape index (κ2) is 5.13. The Morgan fingerprint density at radius 3 is 2.85 bits per heavy atom. The first-order valence-electron chi connectivity index (χ1n) is 7.22. The number of piperidine rings is 1. The largest absolute Gasteiger partial charge is 0.390 e. The fourth-order valence-electron chi connectivity index (χ4n) is 3.74. The third kappa shape index (κ3) is 2.08. The zero-order valence-electron chi connectivity index (χ0n) is 11.7. The van der Waals surface area contributed by atoms with Crippen molar-refractivity contribution in [3.05, 3.63) is 11.4 Å². The van der Waals surface area contributed by atoms with Crippen LogP contribution in [-0.4, -0.2) is 40.6 Å². The summed E-state index contributed by atoms with van der Waals surface area (Å²) in [4.78, 5) is 0.174. The van der Waals surface area contributed by atoms with E-state index in [1.807, 2.05) is 0 Å². The number of aryl methyl sites for hydroxylation is 1. The number of aliphatic hydroxyl groups excluding tert-OH is 1. The van der Waals surface area contributed by atoms with Gasteiger partial charge in [-0.15, -0.1) is 0 Å². The van der Waals surface area contributed by atoms with Gasteiger partial charge in [0, 0.05) is 12.6 Å². The van der Waals surface area contributed by atoms with Crippen molar-refractivity contribution in [1.82, 2.24) is 14.5 Å². The number of aromatic amines is 1. The molecule has 2 atom stereocenters. The summed E-state index contributed by atoms with van der Waals surface area (Å²) in [5, 5.41) is 15.9. The fourth-order valence-corrected chi connectivity index (χ4v) is 5.82. The molecule has 20 heavy (non-hydrogen) atoms. The van der Waals surface area contributed by atoms with Crippen LogP contribution in [0.3, 0.4) is 0 Å². The van der Waals surface area contributed by atoms with Crippen LogP contribution in [-0.2, 0) is 16.6 Å². The highest BCUT2D eigenvalue weighted by molar-refractivity contribution is 7.89. The second-order valence-corrected chi connectivity index (χ2v) is 7.63. The molecule has 0 radical (unpaired) electrons. The van der Waals surface area contributed by atoms with Crippen LogP contribution in [0.5, 0.6) is 0 Å². The molecule has 1 aliphatic carbocycles. The van der Waals surface area contributed by atoms with E-state index in [0.29, 0.717) is 18.2 Å². The Hall–Kier alpha value is -0.920. The van der Waals surface area contributed by atoms with Gasteiger partial charge in [-0.2, -0.15) is 9.40 Å². The van der Waals surface area contributed by atoms with Gasteiger partial charge in [0.2, 0.25) is 10.0 Å². The lowest BCUT2D eigenvalue weighted by Gasteiger charge is -2.36. The molecular formula is C13H21N3O3S. The quantitative estimate of drug-likeness (QED) is 0.877. The summed E-state index contributed by atoms with van der Waals surface area (Å²) in [5.41, 5.74) is 0.733. The van der Waals surface area contributed by atoms with E-state index in [-0.39, 0.29) is 23.2 Å². The first-order valence-corrected chi connectivity index (χ1v) is 8.66. The second-order valence-electron chi connectivity index (χ2n) is 5.80. The van der Waals surface area contributed by atoms with Gasteiger partial charge in [-0.1, -0.05) is 6.42 Å². The first-order chi connectivity index (χ1) is 9.55. The van der Waals surface area contributed by atoms with Crippen LogP contribution in [0.2, 0.25) is 0 Å². The van der Waals surface area contributed by atoms with Crippen molar-refractivity contribution < 1.29 is 13.5 Å². The number of H-pyrrole nitrogens is 1. The van der Waals surface area contributed by atoms with Gasteiger partial charge in [-0.25, -0.2) is 8.42 Å². The van der Waals surface area contributed by atoms with Crippen LogP contribution in [0.25, 0.3) is 0 Å². The Morgan fingerprint density at radius 1 is 1.35 bits per heavy atom. The van der Waals surface area contributed by atoms with Gasteiger partial charge in [0.25, 0.3) is 0 Å². The van der Waals surface area contributed by atoms with Gasteiger partial charge < -0.3 is 5.11 Å². The summed E-state index contributed by atoms with van der Waals surface area (Å²) in [6.07, 6.45) is 5.25. The molecule has 0 aromatic carbocycles. The highest BCUT2D eigenvalue weighted by atomic mass is 32.2. The molecule has 0 bridgehead atoms. The van der Waals surface area contributed by atoms with Crippen molar-refractivity contribution >= 4 is 10.0 Å². The molecule has 3 rings (SSSR count). The summed E-state index contributed by atoms with van der Waals surface area (Å²) in [7, 11) is -3.57. The van der Waals surface area contributed by atoms with E-state index < -0.39 is 10.0 Å². The highest BCUT2D eigenvalue weighted by Crippen LogP contribution is 2.40. The topological polar surface area (TPSA) is 86.3 Å². The van der Waals surface area contributed by atoms with Gasteiger partial charge in [0.1, 0.15) is 10.6 Å². The van der Waals surface area contributed by atoms with Crippen LogP contribution in [0.4, 0.5) is 0 Å². The van der Waals surface area contributed by atoms with Crippen LogP contribution >= 0.6 is 0 Å². The number of nitrogens with zero attached hydrogens (tertiary/aromatic N) is 2. The lowest BCUT2D eigenvalue weighted by molar-refractivity contribution is 0.201. The number of hydrogen-bond donors (Lipinski definition) is 2. The standard InChI is InChI=1S/C13H21N3O3S/c1-9-13(11(8-17)15-14-9)20(18,19)16-7-3-5-10-4-2-6-12(10)16/h10,12,17H,2-8H2,1H3,(H,14,15). The predicted octanol–water partition coefficient (Wildman–Crippen LogP) is 1.16. The monoisotopic (exact) mass is 299 g/mol. The maximum atomic E-state index is 12.9. The molecule has 1 saturated heterocycles. The molecule has 1 aromatic rings. The molecule has 7 heteroatoms. The molecule has 2 unspecified atom stereocenters. The molecule has 0 amide bonds. The van der Waals surface area contributed by atoms with E-state index in [0.717, 1.165) is 32.1 Å². The normalized spacial score (nSPS) is 27.7. The number of rotatable bonds is 3. The molecule has 2 aliphatic rings. The van der Waals surface area contributed by atoms with E-state index in [4.69, 9.17) is 0 Å². The number of sulfonamides is 1. The zero-order chi connectivity index (χ0) is 14.3. The molecular weight excluding hydrogens is 278 g/mol. The lowest BCUT2D eigenvalue weighted by atomic mass is 9.94. The lowest BCUT2D eigenvalue weighted by Crippen LogP contribution is -2.46. The van der Waals surface area contributed by atoms with Crippen molar-refractivity contribution in [3.63, 3.8) is 0 Å². The number of hydrogen-bond acceptors (Lipinski definition) is 4. The predicted molar refractivity (Wildman–Crippen MR) is 73.5 cm³/mol. The Morgan fingerprint density at radius 2 is 2.10 bits per heavy atom. The average molecular weight is 299 g/mol. The summed E-state index contributed by atoms with van der Waals surface area (Å²) < 4.78 is 27.6. The minimum absolute atomic E-state index is 0.134. The van der Waals surface area contributed by atoms with Crippen LogP contribution < -0.4 is 0 Å². The van der Waals surface area contributed by atoms with Crippen molar-refractivity contribution in [3.8, 4) is 0 Å². The van der Waals surface area contributed by atoms with Crippen LogP contribution in [0, 0.1) is 12.8 Å². The van der Waals surface area contributed by atoms with Crippen molar-refractivity contribution in [2.45, 2.75) is 56.6 Å². The van der Waals surface area contributed by atoms with Gasteiger partial charge >= 0.3 is 0 Å². The SMILES string of the molecule is Cc1[nH]nc(CO)c1S(=O)(=O)N1CCCC2CCCC21. The fraction of sp³-hybridized carbons (Fsp3) is 0.769. The molecule has 1 aromatic heterocycles. The molecule has 1 aliphatic heterocycles. The Labute approximate surface area is 119 Å². The summed E-state index contributed by atoms with van der Waals surface area (Å²) in [6.45, 7) is 1.91. The van der Waals surface area contributed by atoms with Crippen LogP contribution in [0.15, 0.2) is 4.90 Å². The van der Waals surface area contributed by atoms with Gasteiger partial charge in [-0.3, -0.25) is 5.10 Å². The van der Waals surface area contributed by atoms with Crippen molar-refractivity contribution in [2.75, 3.05) is 6.54 Å². The minimum atomic E-state index is -3.57. The Kier molecular flexibility index (Phi) is 3.60. The molecule has 112 valence electrons. The van der Waals surface area contributed by atoms with Gasteiger partial charge in [0.15, 0.2) is 0 Å². The maximum absolute atomic E-state index is 12.9. The highest BCUT2D eigenvalue weighted by Gasteiger charge is 2.42. The van der Waals surface area contributed by atoms with E-state index in [2.05, 4.69) is 10.2 Å². The smallest absolute Gasteiger partial charge is 0.247 e. The molecule has 6 nitrogen and oxygen atoms in total. The third-order valence-corrected chi connectivity index (χ3v) is 6.75. The van der Waals surface area contributed by atoms with E-state index in [1.54, 1.807) is 11.2 Å². The average Bonchev–Trinajstić information content (AvgIpc) is 3.03. The Bertz CT molecular complexity index is 596. The molecule has 2 heterocycles.